The van der Waals surface area contributed by atoms with Crippen LogP contribution in [-0.4, -0.2) is 49.0 Å². The zero-order valence-corrected chi connectivity index (χ0v) is 19.0. The lowest BCUT2D eigenvalue weighted by molar-refractivity contribution is -0.121. The summed E-state index contributed by atoms with van der Waals surface area (Å²) in [5.41, 5.74) is 1.43. The van der Waals surface area contributed by atoms with E-state index in [4.69, 9.17) is 14.2 Å². The Kier molecular flexibility index (Phi) is 7.28. The second kappa shape index (κ2) is 10.7. The maximum Gasteiger partial charge on any atom is 0.341 e. The third-order valence-corrected chi connectivity index (χ3v) is 5.84. The van der Waals surface area contributed by atoms with Gasteiger partial charge < -0.3 is 24.4 Å². The van der Waals surface area contributed by atoms with Crippen molar-refractivity contribution in [2.45, 2.75) is 5.03 Å². The van der Waals surface area contributed by atoms with Gasteiger partial charge in [-0.3, -0.25) is 9.59 Å². The van der Waals surface area contributed by atoms with Gasteiger partial charge in [0.25, 0.3) is 5.91 Å². The fourth-order valence-corrected chi connectivity index (χ4v) is 3.85. The number of hydrogen-bond donors (Lipinski definition) is 1. The Morgan fingerprint density at radius 1 is 1.06 bits per heavy atom. The minimum atomic E-state index is -0.693. The number of nitrogens with one attached hydrogen (secondary N) is 1. The lowest BCUT2D eigenvalue weighted by Gasteiger charge is -2.17. The number of carbonyl (C=O) groups excluding carboxylic acids is 3. The normalized spacial score (nSPS) is 11.6. The van der Waals surface area contributed by atoms with E-state index in [9.17, 15) is 14.4 Å². The second-order valence-electron chi connectivity index (χ2n) is 7.13. The maximum atomic E-state index is 12.6. The van der Waals surface area contributed by atoms with Crippen molar-refractivity contribution in [1.82, 2.24) is 4.98 Å². The molecular weight excluding hydrogens is 458 g/mol. The van der Waals surface area contributed by atoms with Crippen LogP contribution >= 0.6 is 11.8 Å². The number of hydrogen-bond acceptors (Lipinski definition) is 8. The maximum absolute atomic E-state index is 12.6. The van der Waals surface area contributed by atoms with Gasteiger partial charge in [-0.1, -0.05) is 30.0 Å². The Hall–Kier alpha value is -4.05. The first-order valence-corrected chi connectivity index (χ1v) is 11.3. The summed E-state index contributed by atoms with van der Waals surface area (Å²) in [5.74, 6) is -0.150. The summed E-state index contributed by atoms with van der Waals surface area (Å²) in [7, 11) is 1.61. The van der Waals surface area contributed by atoms with Crippen molar-refractivity contribution in [2.24, 2.45) is 0 Å². The molecule has 34 heavy (non-hydrogen) atoms. The van der Waals surface area contributed by atoms with Crippen LogP contribution in [0.4, 0.5) is 11.4 Å². The molecule has 10 heteroatoms. The number of aromatic nitrogens is 1. The zero-order chi connectivity index (χ0) is 23.9. The number of para-hydroxylation sites is 1. The average molecular weight is 480 g/mol. The van der Waals surface area contributed by atoms with Gasteiger partial charge in [0.2, 0.25) is 12.7 Å². The molecule has 0 spiro atoms. The molecule has 0 unspecified atom stereocenters. The van der Waals surface area contributed by atoms with Crippen LogP contribution in [0.1, 0.15) is 10.4 Å². The van der Waals surface area contributed by atoms with E-state index in [-0.39, 0.29) is 29.9 Å². The van der Waals surface area contributed by atoms with E-state index in [2.05, 4.69) is 10.3 Å². The Labute approximate surface area is 200 Å². The predicted molar refractivity (Wildman–Crippen MR) is 126 cm³/mol. The summed E-state index contributed by atoms with van der Waals surface area (Å²) in [5, 5.41) is 3.10. The fraction of sp³-hybridized carbons (Fsp3) is 0.167. The number of anilines is 2. The van der Waals surface area contributed by atoms with Gasteiger partial charge in [-0.25, -0.2) is 9.78 Å². The number of amides is 2. The van der Waals surface area contributed by atoms with Crippen LogP contribution in [0.2, 0.25) is 0 Å². The summed E-state index contributed by atoms with van der Waals surface area (Å²) in [6, 6.07) is 17.3. The van der Waals surface area contributed by atoms with E-state index in [1.165, 1.54) is 11.1 Å². The van der Waals surface area contributed by atoms with Crippen molar-refractivity contribution >= 4 is 40.9 Å². The van der Waals surface area contributed by atoms with Gasteiger partial charge in [-0.05, 0) is 36.4 Å². The molecule has 3 aromatic rings. The number of esters is 1. The summed E-state index contributed by atoms with van der Waals surface area (Å²) >= 11 is 1.09. The zero-order valence-electron chi connectivity index (χ0n) is 18.2. The highest BCUT2D eigenvalue weighted by atomic mass is 32.2. The van der Waals surface area contributed by atoms with E-state index in [0.717, 1.165) is 11.8 Å². The largest absolute Gasteiger partial charge is 0.454 e. The average Bonchev–Trinajstić information content (AvgIpc) is 3.34. The number of pyridine rings is 1. The Morgan fingerprint density at radius 2 is 1.85 bits per heavy atom. The lowest BCUT2D eigenvalue weighted by Crippen LogP contribution is -2.31. The number of benzene rings is 2. The molecule has 0 aliphatic carbocycles. The van der Waals surface area contributed by atoms with Gasteiger partial charge in [0.15, 0.2) is 18.1 Å². The van der Waals surface area contributed by atoms with Crippen molar-refractivity contribution in [2.75, 3.05) is 36.4 Å². The van der Waals surface area contributed by atoms with Crippen LogP contribution < -0.4 is 19.7 Å². The number of carbonyl (C=O) groups is 3. The van der Waals surface area contributed by atoms with Crippen LogP contribution in [0.15, 0.2) is 71.9 Å². The quantitative estimate of drug-likeness (QED) is 0.387. The molecule has 174 valence electrons. The lowest BCUT2D eigenvalue weighted by atomic mass is 10.3. The standard InChI is InChI=1S/C24H21N3O6S/c1-27(17-6-3-2-4-7-17)22(29)13-31-24(30)18-8-5-11-25-23(18)34-14-21(28)26-16-9-10-19-20(12-16)33-15-32-19/h2-12H,13-15H2,1H3,(H,26,28). The van der Waals surface area contributed by atoms with Crippen LogP contribution in [0.3, 0.4) is 0 Å². The highest BCUT2D eigenvalue weighted by Crippen LogP contribution is 2.34. The molecular formula is C24H21N3O6S. The van der Waals surface area contributed by atoms with Crippen molar-refractivity contribution in [1.29, 1.82) is 0 Å². The molecule has 0 bridgehead atoms. The fourth-order valence-electron chi connectivity index (χ4n) is 3.06. The molecule has 0 atom stereocenters. The first kappa shape index (κ1) is 23.1. The SMILES string of the molecule is CN(C(=O)COC(=O)c1cccnc1SCC(=O)Nc1ccc2c(c1)OCO2)c1ccccc1. The van der Waals surface area contributed by atoms with Crippen molar-refractivity contribution < 1.29 is 28.6 Å². The van der Waals surface area contributed by atoms with Crippen LogP contribution in [0.25, 0.3) is 0 Å². The number of nitrogens with zero attached hydrogens (tertiary/aromatic N) is 2. The van der Waals surface area contributed by atoms with Gasteiger partial charge >= 0.3 is 5.97 Å². The molecule has 1 aliphatic rings. The Morgan fingerprint density at radius 3 is 2.68 bits per heavy atom. The number of likely N-dealkylation sites (N-methyl/N-ethyl adjacent to an activating group) is 1. The van der Waals surface area contributed by atoms with Crippen LogP contribution in [-0.2, 0) is 14.3 Å². The van der Waals surface area contributed by atoms with Crippen molar-refractivity contribution in [3.63, 3.8) is 0 Å². The Bertz CT molecular complexity index is 1200. The molecule has 1 N–H and O–H groups in total. The summed E-state index contributed by atoms with van der Waals surface area (Å²) < 4.78 is 15.8. The van der Waals surface area contributed by atoms with E-state index >= 15 is 0 Å². The van der Waals surface area contributed by atoms with Gasteiger partial charge in [-0.15, -0.1) is 0 Å². The first-order chi connectivity index (χ1) is 16.5. The second-order valence-corrected chi connectivity index (χ2v) is 8.09. The molecule has 1 aliphatic heterocycles. The molecule has 0 saturated carbocycles. The van der Waals surface area contributed by atoms with E-state index in [1.54, 1.807) is 49.5 Å². The smallest absolute Gasteiger partial charge is 0.341 e. The van der Waals surface area contributed by atoms with Crippen molar-refractivity contribution in [3.8, 4) is 11.5 Å². The first-order valence-electron chi connectivity index (χ1n) is 10.3. The summed E-state index contributed by atoms with van der Waals surface area (Å²) in [4.78, 5) is 43.0. The van der Waals surface area contributed by atoms with Gasteiger partial charge in [0.1, 0.15) is 5.03 Å². The molecule has 9 nitrogen and oxygen atoms in total. The third-order valence-electron chi connectivity index (χ3n) is 4.83. The molecule has 2 heterocycles. The predicted octanol–water partition coefficient (Wildman–Crippen LogP) is 3.36. The van der Waals surface area contributed by atoms with Crippen LogP contribution in [0.5, 0.6) is 11.5 Å². The molecule has 4 rings (SSSR count). The van der Waals surface area contributed by atoms with Gasteiger partial charge in [0.05, 0.1) is 11.3 Å². The molecule has 0 fully saturated rings. The van der Waals surface area contributed by atoms with E-state index < -0.39 is 12.6 Å². The molecule has 2 amide bonds. The topological polar surface area (TPSA) is 107 Å². The summed E-state index contributed by atoms with van der Waals surface area (Å²) in [6.45, 7) is -0.275. The minimum absolute atomic E-state index is 0.0153. The number of rotatable bonds is 8. The van der Waals surface area contributed by atoms with Gasteiger partial charge in [0, 0.05) is 30.7 Å². The van der Waals surface area contributed by atoms with Crippen LogP contribution in [0, 0.1) is 0 Å². The van der Waals surface area contributed by atoms with E-state index in [0.29, 0.717) is 27.9 Å². The third kappa shape index (κ3) is 5.65. The Balaban J connectivity index is 1.31. The van der Waals surface area contributed by atoms with Crippen molar-refractivity contribution in [3.05, 3.63) is 72.4 Å². The number of thioether (sulfide) groups is 1. The van der Waals surface area contributed by atoms with E-state index in [1.807, 2.05) is 18.2 Å². The molecule has 0 radical (unpaired) electrons. The number of fused-ring (bicyclic) bond motifs is 1. The molecule has 0 saturated heterocycles. The molecule has 2 aromatic carbocycles. The highest BCUT2D eigenvalue weighted by Gasteiger charge is 2.19. The van der Waals surface area contributed by atoms with Gasteiger partial charge in [-0.2, -0.15) is 0 Å². The number of ether oxygens (including phenoxy) is 3. The monoisotopic (exact) mass is 479 g/mol. The summed E-state index contributed by atoms with van der Waals surface area (Å²) in [6.07, 6.45) is 1.52. The highest BCUT2D eigenvalue weighted by molar-refractivity contribution is 8.00. The molecule has 1 aromatic heterocycles. The minimum Gasteiger partial charge on any atom is -0.454 e.